The summed E-state index contributed by atoms with van der Waals surface area (Å²) in [6.07, 6.45) is 6.60. The summed E-state index contributed by atoms with van der Waals surface area (Å²) in [4.78, 5) is 14.5. The molecule has 0 saturated carbocycles. The summed E-state index contributed by atoms with van der Waals surface area (Å²) in [7, 11) is 0. The normalized spacial score (nSPS) is 17.8. The van der Waals surface area contributed by atoms with Crippen LogP contribution in [0.3, 0.4) is 0 Å². The molecule has 0 fully saturated rings. The second kappa shape index (κ2) is 7.34. The van der Waals surface area contributed by atoms with E-state index in [9.17, 15) is 9.90 Å². The standard InChI is InChI=1S/C8H13NO2.C5H5NO/c1-2-4-9-5-3-7(10)6-8(9)11;7-5-3-1-2-4-6-5/h3,5-6,8,10-11H,2,4H2,1H3;1-4H,(H,6,7). The van der Waals surface area contributed by atoms with Crippen molar-refractivity contribution in [2.45, 2.75) is 19.6 Å². The largest absolute Gasteiger partial charge is 0.508 e. The van der Waals surface area contributed by atoms with Crippen LogP contribution in [0.4, 0.5) is 0 Å². The highest BCUT2D eigenvalue weighted by molar-refractivity contribution is 5.16. The van der Waals surface area contributed by atoms with Gasteiger partial charge < -0.3 is 20.1 Å². The van der Waals surface area contributed by atoms with E-state index < -0.39 is 6.23 Å². The van der Waals surface area contributed by atoms with Crippen LogP contribution in [-0.4, -0.2) is 32.9 Å². The molecule has 0 radical (unpaired) electrons. The predicted octanol–water partition coefficient (Wildman–Crippen LogP) is 1.36. The average Bonchev–Trinajstić information content (AvgIpc) is 2.35. The topological polar surface area (TPSA) is 76.6 Å². The first-order chi connectivity index (χ1) is 8.63. The smallest absolute Gasteiger partial charge is 0.247 e. The molecule has 0 saturated heterocycles. The van der Waals surface area contributed by atoms with E-state index in [0.717, 1.165) is 13.0 Å². The number of aromatic nitrogens is 1. The van der Waals surface area contributed by atoms with Crippen molar-refractivity contribution in [1.29, 1.82) is 0 Å². The maximum Gasteiger partial charge on any atom is 0.247 e. The van der Waals surface area contributed by atoms with Crippen LogP contribution in [-0.2, 0) is 0 Å². The number of pyridine rings is 1. The number of hydrogen-bond donors (Lipinski definition) is 3. The van der Waals surface area contributed by atoms with Gasteiger partial charge in [0.05, 0.1) is 0 Å². The molecule has 0 bridgehead atoms. The molecule has 1 atom stereocenters. The zero-order valence-corrected chi connectivity index (χ0v) is 10.3. The molecular formula is C13H18N2O3. The Morgan fingerprint density at radius 3 is 2.67 bits per heavy atom. The molecule has 1 aliphatic heterocycles. The number of hydrogen-bond acceptors (Lipinski definition) is 4. The third kappa shape index (κ3) is 4.88. The van der Waals surface area contributed by atoms with Gasteiger partial charge in [0.2, 0.25) is 5.56 Å². The van der Waals surface area contributed by atoms with Gasteiger partial charge in [0, 0.05) is 31.1 Å². The number of rotatable bonds is 2. The van der Waals surface area contributed by atoms with E-state index in [4.69, 9.17) is 5.11 Å². The first kappa shape index (κ1) is 14.1. The predicted molar refractivity (Wildman–Crippen MR) is 69.9 cm³/mol. The molecule has 1 aromatic heterocycles. The molecule has 0 spiro atoms. The number of aromatic amines is 1. The molecule has 2 rings (SSSR count). The highest BCUT2D eigenvalue weighted by atomic mass is 16.3. The lowest BCUT2D eigenvalue weighted by Crippen LogP contribution is -2.31. The Kier molecular flexibility index (Phi) is 5.73. The average molecular weight is 250 g/mol. The minimum absolute atomic E-state index is 0.0532. The van der Waals surface area contributed by atoms with E-state index in [0.29, 0.717) is 0 Å². The van der Waals surface area contributed by atoms with E-state index >= 15 is 0 Å². The fourth-order valence-electron chi connectivity index (χ4n) is 1.41. The highest BCUT2D eigenvalue weighted by Crippen LogP contribution is 2.09. The maximum absolute atomic E-state index is 10.2. The van der Waals surface area contributed by atoms with E-state index in [1.165, 1.54) is 12.1 Å². The second-order valence-corrected chi connectivity index (χ2v) is 3.79. The van der Waals surface area contributed by atoms with Gasteiger partial charge in [-0.25, -0.2) is 0 Å². The monoisotopic (exact) mass is 250 g/mol. The Bertz CT molecular complexity index is 448. The molecule has 3 N–H and O–H groups in total. The van der Waals surface area contributed by atoms with Gasteiger partial charge >= 0.3 is 0 Å². The molecule has 5 heteroatoms. The summed E-state index contributed by atoms with van der Waals surface area (Å²) in [5.41, 5.74) is -0.0532. The van der Waals surface area contributed by atoms with Crippen molar-refractivity contribution in [2.75, 3.05) is 6.54 Å². The number of allylic oxidation sites excluding steroid dienone is 1. The van der Waals surface area contributed by atoms with Crippen molar-refractivity contribution >= 4 is 0 Å². The third-order valence-electron chi connectivity index (χ3n) is 2.26. The Morgan fingerprint density at radius 1 is 1.44 bits per heavy atom. The lowest BCUT2D eigenvalue weighted by molar-refractivity contribution is 0.0733. The van der Waals surface area contributed by atoms with Crippen molar-refractivity contribution in [3.63, 3.8) is 0 Å². The minimum atomic E-state index is -0.667. The Labute approximate surface area is 106 Å². The first-order valence-electron chi connectivity index (χ1n) is 5.80. The molecular weight excluding hydrogens is 232 g/mol. The van der Waals surface area contributed by atoms with Crippen LogP contribution in [0.1, 0.15) is 13.3 Å². The van der Waals surface area contributed by atoms with Gasteiger partial charge in [-0.15, -0.1) is 0 Å². The SMILES string of the molecule is CCCN1C=CC(O)=CC1O.O=c1cccc[nH]1. The van der Waals surface area contributed by atoms with Gasteiger partial charge in [-0.3, -0.25) is 4.79 Å². The quantitative estimate of drug-likeness (QED) is 0.740. The Morgan fingerprint density at radius 2 is 2.22 bits per heavy atom. The molecule has 5 nitrogen and oxygen atoms in total. The summed E-state index contributed by atoms with van der Waals surface area (Å²) in [6.45, 7) is 2.85. The summed E-state index contributed by atoms with van der Waals surface area (Å²) in [5, 5.41) is 18.3. The number of nitrogens with one attached hydrogen (secondary N) is 1. The van der Waals surface area contributed by atoms with E-state index in [1.807, 2.05) is 6.92 Å². The van der Waals surface area contributed by atoms with Gasteiger partial charge in [0.15, 0.2) is 0 Å². The summed E-state index contributed by atoms with van der Waals surface area (Å²) < 4.78 is 0. The van der Waals surface area contributed by atoms with Crippen molar-refractivity contribution in [1.82, 2.24) is 9.88 Å². The molecule has 0 aromatic carbocycles. The van der Waals surface area contributed by atoms with Crippen molar-refractivity contribution in [3.05, 3.63) is 58.9 Å². The molecule has 1 aliphatic rings. The fraction of sp³-hybridized carbons (Fsp3) is 0.308. The van der Waals surface area contributed by atoms with E-state index in [1.54, 1.807) is 35.5 Å². The maximum atomic E-state index is 10.2. The zero-order chi connectivity index (χ0) is 13.4. The summed E-state index contributed by atoms with van der Waals surface area (Å²) in [6, 6.07) is 4.93. The fourth-order valence-corrected chi connectivity index (χ4v) is 1.41. The first-order valence-corrected chi connectivity index (χ1v) is 5.80. The van der Waals surface area contributed by atoms with Crippen LogP contribution in [0.2, 0.25) is 0 Å². The van der Waals surface area contributed by atoms with Crippen LogP contribution in [0, 0.1) is 0 Å². The van der Waals surface area contributed by atoms with Gasteiger partial charge in [0.1, 0.15) is 12.0 Å². The van der Waals surface area contributed by atoms with Crippen LogP contribution in [0.5, 0.6) is 0 Å². The third-order valence-corrected chi connectivity index (χ3v) is 2.26. The van der Waals surface area contributed by atoms with Crippen LogP contribution in [0.15, 0.2) is 53.3 Å². The minimum Gasteiger partial charge on any atom is -0.508 e. The molecule has 1 aromatic rings. The molecule has 98 valence electrons. The van der Waals surface area contributed by atoms with E-state index in [2.05, 4.69) is 4.98 Å². The van der Waals surface area contributed by atoms with Gasteiger partial charge in [0.25, 0.3) is 0 Å². The Balaban J connectivity index is 0.000000199. The van der Waals surface area contributed by atoms with Crippen LogP contribution in [0.25, 0.3) is 0 Å². The number of H-pyrrole nitrogens is 1. The highest BCUT2D eigenvalue weighted by Gasteiger charge is 2.11. The zero-order valence-electron chi connectivity index (χ0n) is 10.3. The van der Waals surface area contributed by atoms with Gasteiger partial charge in [-0.2, -0.15) is 0 Å². The number of aliphatic hydroxyl groups excluding tert-OH is 2. The Hall–Kier alpha value is -2.01. The number of nitrogens with zero attached hydrogens (tertiary/aromatic N) is 1. The van der Waals surface area contributed by atoms with Crippen molar-refractivity contribution < 1.29 is 10.2 Å². The number of aliphatic hydroxyl groups is 2. The van der Waals surface area contributed by atoms with Gasteiger partial charge in [-0.05, 0) is 18.6 Å². The lowest BCUT2D eigenvalue weighted by Gasteiger charge is -2.26. The van der Waals surface area contributed by atoms with E-state index in [-0.39, 0.29) is 11.3 Å². The molecule has 0 amide bonds. The van der Waals surface area contributed by atoms with Crippen LogP contribution < -0.4 is 5.56 Å². The van der Waals surface area contributed by atoms with Gasteiger partial charge in [-0.1, -0.05) is 13.0 Å². The molecule has 2 heterocycles. The van der Waals surface area contributed by atoms with Crippen molar-refractivity contribution in [2.24, 2.45) is 0 Å². The second-order valence-electron chi connectivity index (χ2n) is 3.79. The van der Waals surface area contributed by atoms with Crippen molar-refractivity contribution in [3.8, 4) is 0 Å². The lowest BCUT2D eigenvalue weighted by atomic mass is 10.3. The summed E-state index contributed by atoms with van der Waals surface area (Å²) in [5.74, 6) is 0.129. The molecule has 18 heavy (non-hydrogen) atoms. The summed E-state index contributed by atoms with van der Waals surface area (Å²) >= 11 is 0. The molecule has 1 unspecified atom stereocenters. The van der Waals surface area contributed by atoms with Crippen LogP contribution >= 0.6 is 0 Å². The molecule has 0 aliphatic carbocycles.